The van der Waals surface area contributed by atoms with E-state index >= 15 is 4.39 Å². The number of piperidine rings is 1. The molecule has 3 aliphatic rings. The largest absolute Gasteiger partial charge is 0.492 e. The molecule has 2 saturated carbocycles. The summed E-state index contributed by atoms with van der Waals surface area (Å²) < 4.78 is 23.1. The molecule has 1 aromatic carbocycles. The highest BCUT2D eigenvalue weighted by Gasteiger charge is 2.38. The van der Waals surface area contributed by atoms with E-state index < -0.39 is 17.2 Å². The molecule has 7 nitrogen and oxygen atoms in total. The number of carboxylic acid groups (broad SMARTS) is 1. The number of halogens is 1. The maximum absolute atomic E-state index is 15.6. The maximum Gasteiger partial charge on any atom is 0.341 e. The molecule has 0 bridgehead atoms. The molecule has 32 heavy (non-hydrogen) atoms. The van der Waals surface area contributed by atoms with Crippen molar-refractivity contribution in [1.82, 2.24) is 9.88 Å². The molecule has 172 valence electrons. The minimum atomic E-state index is -1.30. The molecule has 2 N–H and O–H groups in total. The van der Waals surface area contributed by atoms with Crippen LogP contribution >= 0.6 is 0 Å². The summed E-state index contributed by atoms with van der Waals surface area (Å²) >= 11 is 0. The number of methoxy groups -OCH3 is 1. The van der Waals surface area contributed by atoms with Gasteiger partial charge < -0.3 is 24.6 Å². The molecule has 5 rings (SSSR count). The lowest BCUT2D eigenvalue weighted by Crippen LogP contribution is -2.54. The van der Waals surface area contributed by atoms with Gasteiger partial charge in [0.25, 0.3) is 0 Å². The van der Waals surface area contributed by atoms with Gasteiger partial charge in [-0.1, -0.05) is 13.8 Å². The second kappa shape index (κ2) is 7.76. The summed E-state index contributed by atoms with van der Waals surface area (Å²) in [7, 11) is 1.48. The summed E-state index contributed by atoms with van der Waals surface area (Å²) in [6.07, 6.45) is 5.62. The van der Waals surface area contributed by atoms with E-state index in [0.29, 0.717) is 54.0 Å². The fourth-order valence-electron chi connectivity index (χ4n) is 5.32. The van der Waals surface area contributed by atoms with E-state index in [1.807, 2.05) is 4.90 Å². The number of hydrogen-bond acceptors (Lipinski definition) is 5. The Morgan fingerprint density at radius 2 is 1.84 bits per heavy atom. The number of nitrogens with zero attached hydrogens (tertiary/aromatic N) is 2. The summed E-state index contributed by atoms with van der Waals surface area (Å²) in [6.45, 7) is 5.73. The lowest BCUT2D eigenvalue weighted by molar-refractivity contribution is 0.0695. The number of fused-ring (bicyclic) bond motifs is 1. The maximum atomic E-state index is 15.6. The van der Waals surface area contributed by atoms with Crippen LogP contribution in [-0.2, 0) is 0 Å². The standard InChI is InChI=1S/C24H30FN3O4/c1-12-9-27(10-13(2)19(12)26-14-4-5-14)21-18(25)8-16-20(23(21)32-3)28(15-6-7-15)11-17(22(16)29)24(30)31/h8,11-15,19,26H,4-7,9-10H2,1-3H3,(H,30,31). The van der Waals surface area contributed by atoms with Crippen molar-refractivity contribution in [1.29, 1.82) is 0 Å². The number of carbonyl (C=O) groups is 1. The van der Waals surface area contributed by atoms with Crippen LogP contribution in [0, 0.1) is 17.7 Å². The van der Waals surface area contributed by atoms with Gasteiger partial charge in [0.2, 0.25) is 5.43 Å². The molecule has 0 radical (unpaired) electrons. The zero-order chi connectivity index (χ0) is 22.7. The molecule has 2 aromatic rings. The molecule has 1 aliphatic heterocycles. The van der Waals surface area contributed by atoms with Crippen LogP contribution in [0.3, 0.4) is 0 Å². The third kappa shape index (κ3) is 3.54. The first-order chi connectivity index (χ1) is 15.3. The second-order valence-electron chi connectivity index (χ2n) is 9.78. The van der Waals surface area contributed by atoms with Crippen molar-refractivity contribution in [3.63, 3.8) is 0 Å². The molecule has 2 aliphatic carbocycles. The monoisotopic (exact) mass is 443 g/mol. The Kier molecular flexibility index (Phi) is 5.15. The Morgan fingerprint density at radius 3 is 2.38 bits per heavy atom. The Labute approximate surface area is 186 Å². The minimum Gasteiger partial charge on any atom is -0.492 e. The molecule has 1 aromatic heterocycles. The number of aromatic nitrogens is 1. The fraction of sp³-hybridized carbons (Fsp3) is 0.583. The van der Waals surface area contributed by atoms with Crippen LogP contribution in [0.5, 0.6) is 5.75 Å². The van der Waals surface area contributed by atoms with Crippen molar-refractivity contribution in [3.8, 4) is 5.75 Å². The van der Waals surface area contributed by atoms with Crippen LogP contribution in [0.25, 0.3) is 10.9 Å². The van der Waals surface area contributed by atoms with Gasteiger partial charge in [0.1, 0.15) is 11.3 Å². The minimum absolute atomic E-state index is 0.0567. The average Bonchev–Trinajstić information content (AvgIpc) is 3.64. The number of ether oxygens (including phenoxy) is 1. The van der Waals surface area contributed by atoms with Crippen LogP contribution in [0.1, 0.15) is 55.9 Å². The Morgan fingerprint density at radius 1 is 1.19 bits per heavy atom. The first-order valence-corrected chi connectivity index (χ1v) is 11.5. The number of benzene rings is 1. The highest BCUT2D eigenvalue weighted by molar-refractivity contribution is 5.97. The number of anilines is 1. The third-order valence-electron chi connectivity index (χ3n) is 7.14. The number of hydrogen-bond donors (Lipinski definition) is 2. The van der Waals surface area contributed by atoms with Crippen LogP contribution in [0.4, 0.5) is 10.1 Å². The zero-order valence-electron chi connectivity index (χ0n) is 18.7. The third-order valence-corrected chi connectivity index (χ3v) is 7.14. The SMILES string of the molecule is COc1c(N2CC(C)C(NC3CC3)C(C)C2)c(F)cc2c(=O)c(C(=O)O)cn(C3CC3)c12. The number of pyridine rings is 1. The van der Waals surface area contributed by atoms with Crippen molar-refractivity contribution in [2.75, 3.05) is 25.1 Å². The molecule has 2 atom stereocenters. The zero-order valence-corrected chi connectivity index (χ0v) is 18.7. The van der Waals surface area contributed by atoms with Crippen LogP contribution in [0.2, 0.25) is 0 Å². The molecule has 0 amide bonds. The molecule has 8 heteroatoms. The van der Waals surface area contributed by atoms with Crippen molar-refractivity contribution >= 4 is 22.6 Å². The topological polar surface area (TPSA) is 83.8 Å². The summed E-state index contributed by atoms with van der Waals surface area (Å²) in [5, 5.41) is 13.3. The molecule has 3 fully saturated rings. The summed E-state index contributed by atoms with van der Waals surface area (Å²) in [6, 6.07) is 2.29. The van der Waals surface area contributed by atoms with Crippen molar-refractivity contribution < 1.29 is 19.0 Å². The Hall–Kier alpha value is -2.61. The van der Waals surface area contributed by atoms with Gasteiger partial charge in [0.15, 0.2) is 11.6 Å². The number of rotatable bonds is 6. The van der Waals surface area contributed by atoms with E-state index in [1.165, 1.54) is 32.2 Å². The van der Waals surface area contributed by atoms with Crippen LogP contribution < -0.4 is 20.4 Å². The lowest BCUT2D eigenvalue weighted by Gasteiger charge is -2.43. The van der Waals surface area contributed by atoms with Crippen molar-refractivity contribution in [3.05, 3.63) is 33.9 Å². The van der Waals surface area contributed by atoms with Crippen molar-refractivity contribution in [2.24, 2.45) is 11.8 Å². The van der Waals surface area contributed by atoms with Gasteiger partial charge in [-0.15, -0.1) is 0 Å². The molecular weight excluding hydrogens is 413 g/mol. The van der Waals surface area contributed by atoms with E-state index in [1.54, 1.807) is 4.57 Å². The smallest absolute Gasteiger partial charge is 0.341 e. The second-order valence-corrected chi connectivity index (χ2v) is 9.78. The van der Waals surface area contributed by atoms with Gasteiger partial charge in [-0.05, 0) is 43.6 Å². The van der Waals surface area contributed by atoms with Gasteiger partial charge in [-0.2, -0.15) is 0 Å². The average molecular weight is 444 g/mol. The molecule has 2 unspecified atom stereocenters. The molecular formula is C24H30FN3O4. The predicted molar refractivity (Wildman–Crippen MR) is 120 cm³/mol. The molecule has 0 spiro atoms. The van der Waals surface area contributed by atoms with Gasteiger partial charge in [-0.25, -0.2) is 9.18 Å². The van der Waals surface area contributed by atoms with E-state index in [2.05, 4.69) is 19.2 Å². The number of carboxylic acids is 1. The Bertz CT molecular complexity index is 1130. The van der Waals surface area contributed by atoms with Crippen LogP contribution in [-0.4, -0.2) is 47.9 Å². The first kappa shape index (κ1) is 21.2. The summed E-state index contributed by atoms with van der Waals surface area (Å²) in [4.78, 5) is 26.6. The highest BCUT2D eigenvalue weighted by Crippen LogP contribution is 2.44. The van der Waals surface area contributed by atoms with E-state index in [-0.39, 0.29) is 17.0 Å². The molecule has 2 heterocycles. The fourth-order valence-corrected chi connectivity index (χ4v) is 5.32. The predicted octanol–water partition coefficient (Wildman–Crippen LogP) is 3.40. The van der Waals surface area contributed by atoms with Crippen molar-refractivity contribution in [2.45, 2.75) is 57.7 Å². The number of nitrogens with one attached hydrogen (secondary N) is 1. The van der Waals surface area contributed by atoms with E-state index in [9.17, 15) is 14.7 Å². The van der Waals surface area contributed by atoms with Gasteiger partial charge in [0.05, 0.1) is 18.0 Å². The highest BCUT2D eigenvalue weighted by atomic mass is 19.1. The molecule has 1 saturated heterocycles. The Balaban J connectivity index is 1.63. The van der Waals surface area contributed by atoms with Gasteiger partial charge in [0, 0.05) is 37.4 Å². The van der Waals surface area contributed by atoms with E-state index in [0.717, 1.165) is 12.8 Å². The quantitative estimate of drug-likeness (QED) is 0.712. The normalized spacial score (nSPS) is 25.9. The van der Waals surface area contributed by atoms with Gasteiger partial charge in [-0.3, -0.25) is 4.79 Å². The van der Waals surface area contributed by atoms with E-state index in [4.69, 9.17) is 4.74 Å². The summed E-state index contributed by atoms with van der Waals surface area (Å²) in [5.41, 5.74) is -0.171. The van der Waals surface area contributed by atoms with Gasteiger partial charge >= 0.3 is 5.97 Å². The summed E-state index contributed by atoms with van der Waals surface area (Å²) in [5.74, 6) is -0.903. The lowest BCUT2D eigenvalue weighted by atomic mass is 9.85. The number of aromatic carboxylic acids is 1. The first-order valence-electron chi connectivity index (χ1n) is 11.5. The van der Waals surface area contributed by atoms with Crippen LogP contribution in [0.15, 0.2) is 17.1 Å².